The number of hydrogen-bond donors (Lipinski definition) is 3. The number of carbonyl (C=O) groups is 2. The number of nitrogen functional groups attached to an aromatic ring is 1. The van der Waals surface area contributed by atoms with E-state index in [1.165, 1.54) is 4.90 Å². The normalized spacial score (nSPS) is 25.7. The maximum Gasteiger partial charge on any atom is 0.334 e. The molecule has 3 fully saturated rings. The third-order valence-electron chi connectivity index (χ3n) is 9.14. The average Bonchev–Trinajstić information content (AvgIpc) is 3.08. The van der Waals surface area contributed by atoms with Crippen molar-refractivity contribution in [1.29, 1.82) is 10.7 Å². The van der Waals surface area contributed by atoms with Crippen molar-refractivity contribution in [2.45, 2.75) is 102 Å². The van der Waals surface area contributed by atoms with Gasteiger partial charge in [-0.05, 0) is 56.4 Å². The fraction of sp³-hybridized carbons (Fsp3) is 0.714. The summed E-state index contributed by atoms with van der Waals surface area (Å²) in [6.45, 7) is 8.94. The lowest BCUT2D eigenvalue weighted by molar-refractivity contribution is -0.152. The van der Waals surface area contributed by atoms with Crippen molar-refractivity contribution in [3.63, 3.8) is 0 Å². The highest BCUT2D eigenvalue weighted by Crippen LogP contribution is 2.62. The number of carbonyl (C=O) groups excluding carboxylic acids is 2. The standard InChI is InChI=1S/C28H43N7O6Si/c1-5-6-12-32-22(36)20(21(30)31)23(37)35(26(32)40)19-7-9-27(10-8-19)16-28(17-27)24(38)33(25(39)34(28)13-11-29)18-41-14-15-42(2,3)4/h19,36H,5-10,12-18H2,1-4H3,(H3,30,31). The molecule has 3 aliphatic rings. The number of aromatic nitrogens is 2. The number of amides is 3. The molecule has 0 atom stereocenters. The lowest BCUT2D eigenvalue weighted by Crippen LogP contribution is -2.64. The minimum absolute atomic E-state index is 0.131. The van der Waals surface area contributed by atoms with E-state index in [9.17, 15) is 29.5 Å². The molecule has 13 nitrogen and oxygen atoms in total. The number of nitrogens with two attached hydrogens (primary N) is 1. The third kappa shape index (κ3) is 5.51. The van der Waals surface area contributed by atoms with Gasteiger partial charge in [0.2, 0.25) is 5.88 Å². The van der Waals surface area contributed by atoms with E-state index in [4.69, 9.17) is 15.9 Å². The predicted octanol–water partition coefficient (Wildman–Crippen LogP) is 2.53. The van der Waals surface area contributed by atoms with Crippen LogP contribution in [-0.4, -0.2) is 75.3 Å². The number of imide groups is 1. The fourth-order valence-corrected chi connectivity index (χ4v) is 7.57. The monoisotopic (exact) mass is 601 g/mol. The highest BCUT2D eigenvalue weighted by Gasteiger charge is 2.68. The van der Waals surface area contributed by atoms with E-state index < -0.39 is 48.7 Å². The summed E-state index contributed by atoms with van der Waals surface area (Å²) in [5, 5.41) is 27.9. The van der Waals surface area contributed by atoms with Crippen LogP contribution < -0.4 is 17.0 Å². The van der Waals surface area contributed by atoms with Crippen LogP contribution in [0.3, 0.4) is 0 Å². The van der Waals surface area contributed by atoms with E-state index in [0.717, 1.165) is 26.5 Å². The van der Waals surface area contributed by atoms with Crippen LogP contribution in [0, 0.1) is 22.2 Å². The van der Waals surface area contributed by atoms with Crippen molar-refractivity contribution in [2.24, 2.45) is 11.1 Å². The predicted molar refractivity (Wildman–Crippen MR) is 158 cm³/mol. The van der Waals surface area contributed by atoms with Gasteiger partial charge in [0.1, 0.15) is 30.2 Å². The molecule has 1 aromatic heterocycles. The Labute approximate surface area is 246 Å². The highest BCUT2D eigenvalue weighted by atomic mass is 28.3. The minimum Gasteiger partial charge on any atom is -0.494 e. The zero-order chi connectivity index (χ0) is 31.0. The Bertz CT molecular complexity index is 1410. The van der Waals surface area contributed by atoms with Gasteiger partial charge in [-0.1, -0.05) is 33.0 Å². The molecule has 0 bridgehead atoms. The van der Waals surface area contributed by atoms with Crippen LogP contribution in [0.5, 0.6) is 5.88 Å². The summed E-state index contributed by atoms with van der Waals surface area (Å²) in [6, 6.07) is 1.98. The number of unbranched alkanes of at least 4 members (excludes halogenated alkanes) is 1. The van der Waals surface area contributed by atoms with Gasteiger partial charge in [0.05, 0.1) is 6.07 Å². The molecule has 2 saturated carbocycles. The Morgan fingerprint density at radius 1 is 1.19 bits per heavy atom. The summed E-state index contributed by atoms with van der Waals surface area (Å²) in [5.74, 6) is -1.50. The molecule has 4 rings (SSSR count). The van der Waals surface area contributed by atoms with Gasteiger partial charge in [-0.25, -0.2) is 14.5 Å². The molecule has 1 aromatic rings. The Morgan fingerprint density at radius 2 is 1.83 bits per heavy atom. The molecule has 2 spiro atoms. The number of amidine groups is 1. The quantitative estimate of drug-likeness (QED) is 0.0861. The molecule has 4 N–H and O–H groups in total. The number of nitrogens with zero attached hydrogens (tertiary/aromatic N) is 5. The van der Waals surface area contributed by atoms with Crippen LogP contribution in [0.25, 0.3) is 0 Å². The van der Waals surface area contributed by atoms with Gasteiger partial charge in [-0.2, -0.15) is 5.26 Å². The molecule has 230 valence electrons. The van der Waals surface area contributed by atoms with Gasteiger partial charge < -0.3 is 15.6 Å². The average molecular weight is 602 g/mol. The van der Waals surface area contributed by atoms with E-state index >= 15 is 0 Å². The van der Waals surface area contributed by atoms with E-state index in [1.807, 2.05) is 13.0 Å². The second-order valence-electron chi connectivity index (χ2n) is 13.3. The molecule has 2 aliphatic carbocycles. The molecule has 0 radical (unpaired) electrons. The summed E-state index contributed by atoms with van der Waals surface area (Å²) in [7, 11) is -1.34. The van der Waals surface area contributed by atoms with Crippen molar-refractivity contribution >= 4 is 25.8 Å². The summed E-state index contributed by atoms with van der Waals surface area (Å²) in [4.78, 5) is 55.9. The summed E-state index contributed by atoms with van der Waals surface area (Å²) >= 11 is 0. The molecule has 2 heterocycles. The van der Waals surface area contributed by atoms with Crippen molar-refractivity contribution in [3.05, 3.63) is 26.4 Å². The van der Waals surface area contributed by atoms with Gasteiger partial charge in [-0.15, -0.1) is 0 Å². The van der Waals surface area contributed by atoms with Crippen LogP contribution >= 0.6 is 0 Å². The maximum absolute atomic E-state index is 13.6. The molecular weight excluding hydrogens is 558 g/mol. The molecule has 0 unspecified atom stereocenters. The van der Waals surface area contributed by atoms with Gasteiger partial charge in [-0.3, -0.25) is 29.0 Å². The van der Waals surface area contributed by atoms with Gasteiger partial charge in [0.15, 0.2) is 0 Å². The highest BCUT2D eigenvalue weighted by molar-refractivity contribution is 6.76. The Hall–Kier alpha value is -3.44. The lowest BCUT2D eigenvalue weighted by atomic mass is 9.51. The smallest absolute Gasteiger partial charge is 0.334 e. The maximum atomic E-state index is 13.6. The van der Waals surface area contributed by atoms with Crippen LogP contribution in [0.2, 0.25) is 25.7 Å². The van der Waals surface area contributed by atoms with Crippen LogP contribution in [0.15, 0.2) is 9.59 Å². The molecule has 14 heteroatoms. The number of rotatable bonds is 11. The first kappa shape index (κ1) is 31.5. The van der Waals surface area contributed by atoms with E-state index in [0.29, 0.717) is 51.6 Å². The largest absolute Gasteiger partial charge is 0.494 e. The molecule has 3 amide bonds. The topological polar surface area (TPSA) is 188 Å². The molecule has 1 aliphatic heterocycles. The van der Waals surface area contributed by atoms with Crippen LogP contribution in [0.1, 0.15) is 69.9 Å². The van der Waals surface area contributed by atoms with Crippen molar-refractivity contribution in [2.75, 3.05) is 19.9 Å². The Kier molecular flexibility index (Phi) is 8.76. The van der Waals surface area contributed by atoms with E-state index in [2.05, 4.69) is 19.6 Å². The second kappa shape index (κ2) is 11.7. The Balaban J connectivity index is 1.51. The zero-order valence-corrected chi connectivity index (χ0v) is 26.1. The molecule has 0 aromatic carbocycles. The Morgan fingerprint density at radius 3 is 2.38 bits per heavy atom. The van der Waals surface area contributed by atoms with E-state index in [1.54, 1.807) is 0 Å². The SMILES string of the molecule is CCCCn1c(O)c(C(=N)N)c(=O)n(C2CCC3(CC2)CC2(C3)C(=O)N(COCC[Si](C)(C)C)C(=O)N2CC#N)c1=O. The minimum atomic E-state index is -1.34. The van der Waals surface area contributed by atoms with Crippen LogP contribution in [-0.2, 0) is 16.1 Å². The van der Waals surface area contributed by atoms with Gasteiger partial charge >= 0.3 is 11.7 Å². The van der Waals surface area contributed by atoms with Gasteiger partial charge in [0, 0.05) is 27.3 Å². The summed E-state index contributed by atoms with van der Waals surface area (Å²) in [6.07, 6.45) is 4.38. The number of aromatic hydroxyl groups is 1. The van der Waals surface area contributed by atoms with Crippen molar-refractivity contribution < 1.29 is 19.4 Å². The van der Waals surface area contributed by atoms with E-state index in [-0.39, 0.29) is 36.7 Å². The first-order valence-corrected chi connectivity index (χ1v) is 18.4. The third-order valence-corrected chi connectivity index (χ3v) is 10.8. The zero-order valence-electron chi connectivity index (χ0n) is 25.1. The second-order valence-corrected chi connectivity index (χ2v) is 18.9. The molecule has 1 saturated heterocycles. The number of nitrogens with one attached hydrogen (secondary N) is 1. The summed E-state index contributed by atoms with van der Waals surface area (Å²) < 4.78 is 7.96. The fourth-order valence-electron chi connectivity index (χ4n) is 6.81. The van der Waals surface area contributed by atoms with Crippen LogP contribution in [0.4, 0.5) is 4.79 Å². The summed E-state index contributed by atoms with van der Waals surface area (Å²) in [5.41, 5.74) is 2.52. The first-order chi connectivity index (χ1) is 19.7. The van der Waals surface area contributed by atoms with Crippen molar-refractivity contribution in [1.82, 2.24) is 18.9 Å². The number of ether oxygens (including phenoxy) is 1. The molecule has 42 heavy (non-hydrogen) atoms. The van der Waals surface area contributed by atoms with Gasteiger partial charge in [0.25, 0.3) is 11.5 Å². The first-order valence-electron chi connectivity index (χ1n) is 14.7. The number of hydrogen-bond acceptors (Lipinski definition) is 8. The molecular formula is C28H43N7O6Si. The number of nitriles is 1. The van der Waals surface area contributed by atoms with Crippen molar-refractivity contribution in [3.8, 4) is 11.9 Å². The lowest BCUT2D eigenvalue weighted by Gasteiger charge is -2.58. The number of urea groups is 1.